The van der Waals surface area contributed by atoms with E-state index >= 15 is 0 Å². The molecule has 0 saturated heterocycles. The lowest BCUT2D eigenvalue weighted by molar-refractivity contribution is 0.492. The number of ether oxygens (including phenoxy) is 1. The van der Waals surface area contributed by atoms with Crippen LogP contribution in [0.15, 0.2) is 59.7 Å². The quantitative estimate of drug-likeness (QED) is 0.555. The summed E-state index contributed by atoms with van der Waals surface area (Å²) in [7, 11) is 0. The standard InChI is InChI=1S/C17H12N4O2/c18-12-5-6-13(11-4-2-1-3-10(11)12)23-14-7-8-19-17-16(14)20-9-15(22)21-17/h1-9H,18H2,(H,19,21,22). The molecule has 3 N–H and O–H groups in total. The molecule has 4 aromatic rings. The third-order valence-electron chi connectivity index (χ3n) is 3.58. The predicted octanol–water partition coefficient (Wildman–Crippen LogP) is 2.85. The second-order valence-corrected chi connectivity index (χ2v) is 5.05. The largest absolute Gasteiger partial charge is 0.454 e. The van der Waals surface area contributed by atoms with Gasteiger partial charge in [0.2, 0.25) is 0 Å². The Kier molecular flexibility index (Phi) is 2.94. The minimum atomic E-state index is -0.305. The number of rotatable bonds is 2. The number of nitrogen functional groups attached to an aromatic ring is 1. The van der Waals surface area contributed by atoms with Crippen LogP contribution in [0.3, 0.4) is 0 Å². The fraction of sp³-hybridized carbons (Fsp3) is 0. The molecule has 0 bridgehead atoms. The Morgan fingerprint density at radius 3 is 2.65 bits per heavy atom. The summed E-state index contributed by atoms with van der Waals surface area (Å²) < 4.78 is 6.02. The summed E-state index contributed by atoms with van der Waals surface area (Å²) in [5.74, 6) is 1.18. The number of nitrogens with two attached hydrogens (primary N) is 1. The normalized spacial score (nSPS) is 11.0. The Hall–Kier alpha value is -3.41. The zero-order chi connectivity index (χ0) is 15.8. The third-order valence-corrected chi connectivity index (χ3v) is 3.58. The van der Waals surface area contributed by atoms with E-state index in [9.17, 15) is 4.79 Å². The van der Waals surface area contributed by atoms with E-state index in [1.807, 2.05) is 30.3 Å². The lowest BCUT2D eigenvalue weighted by Crippen LogP contribution is -2.06. The summed E-state index contributed by atoms with van der Waals surface area (Å²) in [6.45, 7) is 0. The van der Waals surface area contributed by atoms with Gasteiger partial charge in [-0.05, 0) is 12.1 Å². The molecule has 0 atom stereocenters. The van der Waals surface area contributed by atoms with Crippen LogP contribution in [0.5, 0.6) is 11.5 Å². The monoisotopic (exact) mass is 304 g/mol. The van der Waals surface area contributed by atoms with Crippen LogP contribution in [-0.4, -0.2) is 15.0 Å². The minimum absolute atomic E-state index is 0.305. The van der Waals surface area contributed by atoms with Crippen molar-refractivity contribution in [1.82, 2.24) is 15.0 Å². The fourth-order valence-electron chi connectivity index (χ4n) is 2.51. The molecule has 0 unspecified atom stereocenters. The van der Waals surface area contributed by atoms with Gasteiger partial charge < -0.3 is 15.5 Å². The second-order valence-electron chi connectivity index (χ2n) is 5.05. The van der Waals surface area contributed by atoms with E-state index in [1.165, 1.54) is 6.20 Å². The molecule has 0 fully saturated rings. The Bertz CT molecular complexity index is 1090. The van der Waals surface area contributed by atoms with Crippen LogP contribution in [0.25, 0.3) is 21.9 Å². The van der Waals surface area contributed by atoms with Crippen molar-refractivity contribution in [3.8, 4) is 11.5 Å². The highest BCUT2D eigenvalue weighted by Gasteiger charge is 2.10. The van der Waals surface area contributed by atoms with E-state index in [1.54, 1.807) is 18.3 Å². The van der Waals surface area contributed by atoms with Crippen molar-refractivity contribution in [2.24, 2.45) is 0 Å². The molecule has 4 rings (SSSR count). The smallest absolute Gasteiger partial charge is 0.268 e. The summed E-state index contributed by atoms with van der Waals surface area (Å²) in [4.78, 5) is 22.2. The summed E-state index contributed by atoms with van der Waals surface area (Å²) in [6, 6.07) is 13.1. The number of anilines is 1. The number of hydrogen-bond donors (Lipinski definition) is 2. The van der Waals surface area contributed by atoms with Gasteiger partial charge in [-0.25, -0.2) is 9.97 Å². The maximum atomic E-state index is 11.4. The average molecular weight is 304 g/mol. The van der Waals surface area contributed by atoms with E-state index in [-0.39, 0.29) is 5.56 Å². The van der Waals surface area contributed by atoms with Crippen LogP contribution >= 0.6 is 0 Å². The van der Waals surface area contributed by atoms with E-state index in [2.05, 4.69) is 15.0 Å². The molecule has 0 aliphatic heterocycles. The predicted molar refractivity (Wildman–Crippen MR) is 88.6 cm³/mol. The molecule has 0 aliphatic rings. The van der Waals surface area contributed by atoms with Crippen LogP contribution in [0.2, 0.25) is 0 Å². The topological polar surface area (TPSA) is 93.9 Å². The van der Waals surface area contributed by atoms with E-state index in [0.717, 1.165) is 10.8 Å². The van der Waals surface area contributed by atoms with Crippen molar-refractivity contribution in [2.45, 2.75) is 0 Å². The summed E-state index contributed by atoms with van der Waals surface area (Å²) >= 11 is 0. The van der Waals surface area contributed by atoms with Crippen LogP contribution in [0.4, 0.5) is 5.69 Å². The number of fused-ring (bicyclic) bond motifs is 2. The molecule has 6 heteroatoms. The number of nitrogens with one attached hydrogen (secondary N) is 1. The molecule has 2 aromatic carbocycles. The van der Waals surface area contributed by atoms with E-state index in [0.29, 0.717) is 28.4 Å². The minimum Gasteiger partial charge on any atom is -0.454 e. The maximum Gasteiger partial charge on any atom is 0.268 e. The van der Waals surface area contributed by atoms with Gasteiger partial charge in [0.05, 0.1) is 6.20 Å². The highest BCUT2D eigenvalue weighted by Crippen LogP contribution is 2.34. The Balaban J connectivity index is 1.89. The van der Waals surface area contributed by atoms with Gasteiger partial charge in [-0.15, -0.1) is 0 Å². The lowest BCUT2D eigenvalue weighted by atomic mass is 10.1. The molecule has 0 amide bonds. The number of H-pyrrole nitrogens is 1. The van der Waals surface area contributed by atoms with Crippen molar-refractivity contribution in [3.05, 3.63) is 65.2 Å². The Labute approximate surface area is 130 Å². The molecule has 0 spiro atoms. The van der Waals surface area contributed by atoms with Crippen molar-refractivity contribution < 1.29 is 4.74 Å². The molecule has 0 saturated carbocycles. The zero-order valence-corrected chi connectivity index (χ0v) is 12.0. The van der Waals surface area contributed by atoms with Gasteiger partial charge in [-0.2, -0.15) is 0 Å². The average Bonchev–Trinajstić information content (AvgIpc) is 2.57. The Morgan fingerprint density at radius 2 is 1.78 bits per heavy atom. The van der Waals surface area contributed by atoms with Crippen molar-refractivity contribution in [1.29, 1.82) is 0 Å². The first-order valence-electron chi connectivity index (χ1n) is 7.01. The van der Waals surface area contributed by atoms with Crippen LogP contribution < -0.4 is 16.0 Å². The molecule has 2 aromatic heterocycles. The van der Waals surface area contributed by atoms with Crippen molar-refractivity contribution in [2.75, 3.05) is 5.73 Å². The second kappa shape index (κ2) is 5.10. The molecular weight excluding hydrogens is 292 g/mol. The number of pyridine rings is 1. The summed E-state index contributed by atoms with van der Waals surface area (Å²) in [6.07, 6.45) is 2.77. The third kappa shape index (κ3) is 2.26. The van der Waals surface area contributed by atoms with Gasteiger partial charge >= 0.3 is 0 Å². The molecule has 0 radical (unpaired) electrons. The van der Waals surface area contributed by atoms with Crippen molar-refractivity contribution in [3.63, 3.8) is 0 Å². The van der Waals surface area contributed by atoms with Crippen molar-refractivity contribution >= 4 is 27.6 Å². The van der Waals surface area contributed by atoms with Gasteiger partial charge in [0, 0.05) is 28.7 Å². The molecule has 23 heavy (non-hydrogen) atoms. The van der Waals surface area contributed by atoms with Gasteiger partial charge in [0.1, 0.15) is 11.3 Å². The first kappa shape index (κ1) is 13.3. The number of benzene rings is 2. The molecule has 112 valence electrons. The van der Waals surface area contributed by atoms with Crippen LogP contribution in [0, 0.1) is 0 Å². The number of nitrogens with zero attached hydrogens (tertiary/aromatic N) is 2. The van der Waals surface area contributed by atoms with E-state index in [4.69, 9.17) is 10.5 Å². The molecule has 0 aliphatic carbocycles. The van der Waals surface area contributed by atoms with Crippen LogP contribution in [0.1, 0.15) is 0 Å². The molecule has 6 nitrogen and oxygen atoms in total. The van der Waals surface area contributed by atoms with Gasteiger partial charge in [0.15, 0.2) is 11.4 Å². The zero-order valence-electron chi connectivity index (χ0n) is 12.0. The first-order valence-corrected chi connectivity index (χ1v) is 7.01. The number of aromatic amines is 1. The molecule has 2 heterocycles. The van der Waals surface area contributed by atoms with Gasteiger partial charge in [0.25, 0.3) is 5.56 Å². The summed E-state index contributed by atoms with van der Waals surface area (Å²) in [5.41, 5.74) is 7.27. The Morgan fingerprint density at radius 1 is 0.957 bits per heavy atom. The highest BCUT2D eigenvalue weighted by atomic mass is 16.5. The van der Waals surface area contributed by atoms with E-state index < -0.39 is 0 Å². The molecular formula is C17H12N4O2. The van der Waals surface area contributed by atoms with Gasteiger partial charge in [-0.1, -0.05) is 24.3 Å². The maximum absolute atomic E-state index is 11.4. The fourth-order valence-corrected chi connectivity index (χ4v) is 2.51. The number of aromatic nitrogens is 3. The summed E-state index contributed by atoms with van der Waals surface area (Å²) in [5, 5.41) is 1.83. The highest BCUT2D eigenvalue weighted by molar-refractivity contribution is 5.97. The lowest BCUT2D eigenvalue weighted by Gasteiger charge is -2.11. The first-order chi connectivity index (χ1) is 11.2. The van der Waals surface area contributed by atoms with Gasteiger partial charge in [-0.3, -0.25) is 4.79 Å². The SMILES string of the molecule is Nc1ccc(Oc2ccnc3[nH]c(=O)cnc23)c2ccccc12. The number of hydrogen-bond acceptors (Lipinski definition) is 5. The van der Waals surface area contributed by atoms with Crippen LogP contribution in [-0.2, 0) is 0 Å².